The number of esters is 1. The summed E-state index contributed by atoms with van der Waals surface area (Å²) in [5, 5.41) is 7.01. The molecule has 142 valence electrons. The van der Waals surface area contributed by atoms with Crippen LogP contribution in [0.5, 0.6) is 0 Å². The van der Waals surface area contributed by atoms with Crippen LogP contribution in [0.3, 0.4) is 0 Å². The van der Waals surface area contributed by atoms with E-state index in [4.69, 9.17) is 16.3 Å². The smallest absolute Gasteiger partial charge is 0.308 e. The Balaban J connectivity index is 1.87. The van der Waals surface area contributed by atoms with E-state index >= 15 is 0 Å². The van der Waals surface area contributed by atoms with Gasteiger partial charge < -0.3 is 10.1 Å². The van der Waals surface area contributed by atoms with Gasteiger partial charge in [-0.3, -0.25) is 24.5 Å². The van der Waals surface area contributed by atoms with Crippen molar-refractivity contribution in [3.63, 3.8) is 0 Å². The molecule has 0 aliphatic carbocycles. The maximum Gasteiger partial charge on any atom is 0.308 e. The van der Waals surface area contributed by atoms with Gasteiger partial charge >= 0.3 is 5.97 Å². The van der Waals surface area contributed by atoms with Crippen LogP contribution in [0.15, 0.2) is 41.8 Å². The zero-order chi connectivity index (χ0) is 19.8. The Morgan fingerprint density at radius 1 is 1.15 bits per heavy atom. The minimum atomic E-state index is -0.732. The van der Waals surface area contributed by atoms with Gasteiger partial charge in [-0.2, -0.15) is 0 Å². The molecule has 0 radical (unpaired) electrons. The second-order valence-corrected chi connectivity index (χ2v) is 6.91. The van der Waals surface area contributed by atoms with Crippen molar-refractivity contribution >= 4 is 46.6 Å². The minimum absolute atomic E-state index is 0.173. The molecule has 2 aromatic rings. The third-order valence-corrected chi connectivity index (χ3v) is 4.50. The molecule has 1 unspecified atom stereocenters. The lowest BCUT2D eigenvalue weighted by Crippen LogP contribution is -2.34. The second-order valence-electron chi connectivity index (χ2n) is 5.52. The lowest BCUT2D eigenvalue weighted by Gasteiger charge is -2.17. The number of carbonyl (C=O) groups is 4. The zero-order valence-electron chi connectivity index (χ0n) is 14.4. The van der Waals surface area contributed by atoms with E-state index in [2.05, 4.69) is 10.6 Å². The van der Waals surface area contributed by atoms with E-state index in [0.717, 1.165) is 0 Å². The summed E-state index contributed by atoms with van der Waals surface area (Å²) in [4.78, 5) is 47.3. The van der Waals surface area contributed by atoms with E-state index in [1.807, 2.05) is 0 Å². The summed E-state index contributed by atoms with van der Waals surface area (Å²) < 4.78 is 4.90. The van der Waals surface area contributed by atoms with Crippen LogP contribution in [0.4, 0.5) is 0 Å². The average Bonchev–Trinajstić information content (AvgIpc) is 3.14. The number of hydrogen-bond acceptors (Lipinski definition) is 6. The van der Waals surface area contributed by atoms with Crippen molar-refractivity contribution < 1.29 is 23.9 Å². The number of amides is 3. The first-order valence-electron chi connectivity index (χ1n) is 7.91. The molecule has 2 rings (SSSR count). The SMILES string of the molecule is CC(=O)NC(CC(=O)OCC(=O)NC(=O)c1cccs1)c1ccc(Cl)cc1. The van der Waals surface area contributed by atoms with Crippen molar-refractivity contribution in [1.29, 1.82) is 0 Å². The Hall–Kier alpha value is -2.71. The summed E-state index contributed by atoms with van der Waals surface area (Å²) in [5.74, 6) is -2.29. The van der Waals surface area contributed by atoms with Gasteiger partial charge in [0, 0.05) is 11.9 Å². The molecule has 0 aliphatic rings. The molecule has 0 spiro atoms. The molecule has 1 heterocycles. The molecule has 3 amide bonds. The van der Waals surface area contributed by atoms with Crippen molar-refractivity contribution in [3.05, 3.63) is 57.2 Å². The molecule has 2 N–H and O–H groups in total. The average molecular weight is 409 g/mol. The van der Waals surface area contributed by atoms with Crippen molar-refractivity contribution in [1.82, 2.24) is 10.6 Å². The van der Waals surface area contributed by atoms with Gasteiger partial charge in [0.25, 0.3) is 11.8 Å². The third-order valence-electron chi connectivity index (χ3n) is 3.38. The van der Waals surface area contributed by atoms with E-state index in [1.54, 1.807) is 41.8 Å². The normalized spacial score (nSPS) is 11.3. The van der Waals surface area contributed by atoms with Gasteiger partial charge in [0.15, 0.2) is 6.61 Å². The number of thiophene rings is 1. The number of nitrogens with one attached hydrogen (secondary N) is 2. The number of ether oxygens (including phenoxy) is 1. The Morgan fingerprint density at radius 3 is 2.44 bits per heavy atom. The van der Waals surface area contributed by atoms with Gasteiger partial charge in [-0.25, -0.2) is 0 Å². The Kier molecular flexibility index (Phi) is 7.51. The molecular weight excluding hydrogens is 392 g/mol. The number of imide groups is 1. The third kappa shape index (κ3) is 6.84. The molecule has 1 aromatic heterocycles. The molecule has 0 aliphatic heterocycles. The molecule has 0 saturated carbocycles. The largest absolute Gasteiger partial charge is 0.455 e. The molecular formula is C18H17ClN2O5S. The van der Waals surface area contributed by atoms with Crippen LogP contribution in [0.1, 0.15) is 34.6 Å². The summed E-state index contributed by atoms with van der Waals surface area (Å²) in [7, 11) is 0. The Morgan fingerprint density at radius 2 is 1.85 bits per heavy atom. The highest BCUT2D eigenvalue weighted by Gasteiger charge is 2.19. The van der Waals surface area contributed by atoms with Crippen LogP contribution in [-0.4, -0.2) is 30.3 Å². The van der Waals surface area contributed by atoms with E-state index < -0.39 is 30.4 Å². The van der Waals surface area contributed by atoms with Gasteiger partial charge in [-0.1, -0.05) is 29.8 Å². The van der Waals surface area contributed by atoms with Crippen LogP contribution >= 0.6 is 22.9 Å². The Labute approximate surface area is 164 Å². The summed E-state index contributed by atoms with van der Waals surface area (Å²) in [5.41, 5.74) is 0.670. The van der Waals surface area contributed by atoms with Crippen molar-refractivity contribution in [2.75, 3.05) is 6.61 Å². The van der Waals surface area contributed by atoms with E-state index in [9.17, 15) is 19.2 Å². The fourth-order valence-electron chi connectivity index (χ4n) is 2.20. The van der Waals surface area contributed by atoms with Gasteiger partial charge in [0.1, 0.15) is 0 Å². The number of carbonyl (C=O) groups excluding carboxylic acids is 4. The quantitative estimate of drug-likeness (QED) is 0.685. The number of halogens is 1. The maximum absolute atomic E-state index is 12.0. The standard InChI is InChI=1S/C18H17ClN2O5S/c1-11(22)20-14(12-4-6-13(19)7-5-12)9-17(24)26-10-16(23)21-18(25)15-3-2-8-27-15/h2-8,14H,9-10H2,1H3,(H,20,22)(H,21,23,25). The van der Waals surface area contributed by atoms with E-state index in [1.165, 1.54) is 18.3 Å². The van der Waals surface area contributed by atoms with Gasteiger partial charge in [0.2, 0.25) is 5.91 Å². The summed E-state index contributed by atoms with van der Waals surface area (Å²) >= 11 is 7.03. The van der Waals surface area contributed by atoms with Crippen molar-refractivity contribution in [2.45, 2.75) is 19.4 Å². The fraction of sp³-hybridized carbons (Fsp3) is 0.222. The summed E-state index contributed by atoms with van der Waals surface area (Å²) in [6.07, 6.45) is -0.173. The number of benzene rings is 1. The van der Waals surface area contributed by atoms with Crippen LogP contribution < -0.4 is 10.6 Å². The highest BCUT2D eigenvalue weighted by Crippen LogP contribution is 2.20. The lowest BCUT2D eigenvalue weighted by molar-refractivity contribution is -0.149. The van der Waals surface area contributed by atoms with Gasteiger partial charge in [0.05, 0.1) is 17.3 Å². The summed E-state index contributed by atoms with van der Waals surface area (Å²) in [6.45, 7) is 0.737. The van der Waals surface area contributed by atoms with Crippen LogP contribution in [0.2, 0.25) is 5.02 Å². The highest BCUT2D eigenvalue weighted by atomic mass is 35.5. The van der Waals surface area contributed by atoms with E-state index in [-0.39, 0.29) is 12.3 Å². The van der Waals surface area contributed by atoms with Crippen LogP contribution in [0.25, 0.3) is 0 Å². The molecule has 1 atom stereocenters. The molecule has 0 fully saturated rings. The topological polar surface area (TPSA) is 102 Å². The Bertz CT molecular complexity index is 821. The summed E-state index contributed by atoms with van der Waals surface area (Å²) in [6, 6.07) is 9.28. The molecule has 27 heavy (non-hydrogen) atoms. The molecule has 9 heteroatoms. The van der Waals surface area contributed by atoms with Crippen LogP contribution in [0, 0.1) is 0 Å². The molecule has 1 aromatic carbocycles. The maximum atomic E-state index is 12.0. The molecule has 7 nitrogen and oxygen atoms in total. The molecule has 0 bridgehead atoms. The second kappa shape index (κ2) is 9.84. The monoisotopic (exact) mass is 408 g/mol. The number of rotatable bonds is 7. The van der Waals surface area contributed by atoms with Crippen molar-refractivity contribution in [2.24, 2.45) is 0 Å². The predicted molar refractivity (Wildman–Crippen MR) is 100 cm³/mol. The van der Waals surface area contributed by atoms with Gasteiger partial charge in [-0.05, 0) is 29.1 Å². The lowest BCUT2D eigenvalue weighted by atomic mass is 10.0. The van der Waals surface area contributed by atoms with Gasteiger partial charge in [-0.15, -0.1) is 11.3 Å². The fourth-order valence-corrected chi connectivity index (χ4v) is 2.94. The zero-order valence-corrected chi connectivity index (χ0v) is 15.9. The first-order chi connectivity index (χ1) is 12.8. The van der Waals surface area contributed by atoms with Crippen molar-refractivity contribution in [3.8, 4) is 0 Å². The van der Waals surface area contributed by atoms with Crippen LogP contribution in [-0.2, 0) is 19.1 Å². The molecule has 0 saturated heterocycles. The van der Waals surface area contributed by atoms with E-state index in [0.29, 0.717) is 15.5 Å². The predicted octanol–water partition coefficient (Wildman–Crippen LogP) is 2.47. The number of hydrogen-bond donors (Lipinski definition) is 2. The minimum Gasteiger partial charge on any atom is -0.455 e. The first kappa shape index (κ1) is 20.6. The highest BCUT2D eigenvalue weighted by molar-refractivity contribution is 7.12. The first-order valence-corrected chi connectivity index (χ1v) is 9.17.